The third kappa shape index (κ3) is 2.95. The van der Waals surface area contributed by atoms with Crippen molar-refractivity contribution in [2.24, 2.45) is 5.73 Å². The van der Waals surface area contributed by atoms with Gasteiger partial charge in [0, 0.05) is 6.54 Å². The summed E-state index contributed by atoms with van der Waals surface area (Å²) in [6.45, 7) is 4.47. The molecule has 1 aromatic rings. The number of hydrogen-bond acceptors (Lipinski definition) is 2. The van der Waals surface area contributed by atoms with Gasteiger partial charge in [0.1, 0.15) is 0 Å². The summed E-state index contributed by atoms with van der Waals surface area (Å²) in [7, 11) is 0. The lowest BCUT2D eigenvalue weighted by molar-refractivity contribution is -0.137. The normalized spacial score (nSPS) is 21.9. The van der Waals surface area contributed by atoms with E-state index < -0.39 is 5.54 Å². The van der Waals surface area contributed by atoms with E-state index in [0.29, 0.717) is 16.5 Å². The number of nitrogens with two attached hydrogens (primary N) is 1. The molecule has 3 nitrogen and oxygen atoms in total. The Bertz CT molecular complexity index is 517. The minimum Gasteiger partial charge on any atom is -0.334 e. The van der Waals surface area contributed by atoms with Gasteiger partial charge in [0.25, 0.3) is 0 Å². The van der Waals surface area contributed by atoms with E-state index in [9.17, 15) is 4.79 Å². The molecule has 2 rings (SSSR count). The molecule has 0 radical (unpaired) electrons. The molecule has 5 heteroatoms. The second kappa shape index (κ2) is 5.92. The van der Waals surface area contributed by atoms with Gasteiger partial charge in [0.15, 0.2) is 0 Å². The minimum atomic E-state index is -0.807. The van der Waals surface area contributed by atoms with Crippen molar-refractivity contribution in [1.29, 1.82) is 0 Å². The van der Waals surface area contributed by atoms with Crippen LogP contribution in [0, 0.1) is 0 Å². The predicted molar refractivity (Wildman–Crippen MR) is 83.0 cm³/mol. The molecule has 0 aromatic heterocycles. The summed E-state index contributed by atoms with van der Waals surface area (Å²) in [4.78, 5) is 14.5. The predicted octanol–water partition coefficient (Wildman–Crippen LogP) is 3.78. The third-order valence-electron chi connectivity index (χ3n) is 4.07. The molecule has 1 saturated heterocycles. The van der Waals surface area contributed by atoms with Gasteiger partial charge < -0.3 is 10.6 Å². The number of likely N-dealkylation sites (tertiary alicyclic amines) is 1. The van der Waals surface area contributed by atoms with Gasteiger partial charge in [-0.1, -0.05) is 36.2 Å². The monoisotopic (exact) mass is 314 g/mol. The maximum atomic E-state index is 12.6. The average molecular weight is 315 g/mol. The summed E-state index contributed by atoms with van der Waals surface area (Å²) < 4.78 is 0. The largest absolute Gasteiger partial charge is 0.334 e. The Morgan fingerprint density at radius 2 is 2.15 bits per heavy atom. The van der Waals surface area contributed by atoms with Crippen molar-refractivity contribution in [2.75, 3.05) is 6.54 Å². The maximum absolute atomic E-state index is 12.6. The quantitative estimate of drug-likeness (QED) is 0.922. The number of carbonyl (C=O) groups excluding carboxylic acids is 1. The van der Waals surface area contributed by atoms with Gasteiger partial charge in [-0.3, -0.25) is 4.79 Å². The number of nitrogens with zero attached hydrogens (tertiary/aromatic N) is 1. The summed E-state index contributed by atoms with van der Waals surface area (Å²) in [5.41, 5.74) is 6.31. The van der Waals surface area contributed by atoms with Crippen LogP contribution in [0.2, 0.25) is 10.0 Å². The van der Waals surface area contributed by atoms with Gasteiger partial charge in [-0.25, -0.2) is 0 Å². The van der Waals surface area contributed by atoms with Crippen LogP contribution in [0.4, 0.5) is 0 Å². The van der Waals surface area contributed by atoms with Crippen molar-refractivity contribution in [3.05, 3.63) is 33.8 Å². The van der Waals surface area contributed by atoms with E-state index in [1.807, 2.05) is 24.0 Å². The van der Waals surface area contributed by atoms with E-state index in [-0.39, 0.29) is 11.9 Å². The van der Waals surface area contributed by atoms with Crippen LogP contribution in [-0.4, -0.2) is 22.9 Å². The Balaban J connectivity index is 2.27. The van der Waals surface area contributed by atoms with E-state index in [1.165, 1.54) is 0 Å². The van der Waals surface area contributed by atoms with Crippen molar-refractivity contribution in [2.45, 2.75) is 44.7 Å². The molecule has 2 atom stereocenters. The summed E-state index contributed by atoms with van der Waals surface area (Å²) in [5, 5.41) is 1.05. The highest BCUT2D eigenvalue weighted by Gasteiger charge is 2.37. The molecular weight excluding hydrogens is 295 g/mol. The number of halogens is 2. The Morgan fingerprint density at radius 1 is 1.45 bits per heavy atom. The van der Waals surface area contributed by atoms with E-state index in [1.54, 1.807) is 13.0 Å². The molecule has 2 unspecified atom stereocenters. The van der Waals surface area contributed by atoms with Gasteiger partial charge in [-0.15, -0.1) is 0 Å². The first-order valence-electron chi connectivity index (χ1n) is 6.91. The minimum absolute atomic E-state index is 0.00794. The lowest BCUT2D eigenvalue weighted by atomic mass is 9.96. The molecule has 0 saturated carbocycles. The molecule has 20 heavy (non-hydrogen) atoms. The Morgan fingerprint density at radius 3 is 2.75 bits per heavy atom. The van der Waals surface area contributed by atoms with Gasteiger partial charge in [0.2, 0.25) is 5.91 Å². The standard InChI is InChI=1S/C15H20Cl2N2O/c1-3-15(2,18)14(20)19-8-4-5-13(19)10-6-7-11(16)12(17)9-10/h6-7,9,13H,3-5,8,18H2,1-2H3. The molecule has 2 N–H and O–H groups in total. The number of benzene rings is 1. The number of hydrogen-bond donors (Lipinski definition) is 1. The van der Waals surface area contributed by atoms with Crippen molar-refractivity contribution in [1.82, 2.24) is 4.90 Å². The fourth-order valence-corrected chi connectivity index (χ4v) is 2.86. The van der Waals surface area contributed by atoms with E-state index in [2.05, 4.69) is 0 Å². The zero-order chi connectivity index (χ0) is 14.9. The SMILES string of the molecule is CCC(C)(N)C(=O)N1CCCC1c1ccc(Cl)c(Cl)c1. The van der Waals surface area contributed by atoms with Crippen LogP contribution in [-0.2, 0) is 4.79 Å². The first-order valence-corrected chi connectivity index (χ1v) is 7.67. The second-order valence-electron chi connectivity index (χ2n) is 5.60. The van der Waals surface area contributed by atoms with E-state index in [0.717, 1.165) is 24.9 Å². The summed E-state index contributed by atoms with van der Waals surface area (Å²) in [5.74, 6) is 0.00794. The van der Waals surface area contributed by atoms with Gasteiger partial charge >= 0.3 is 0 Å². The van der Waals surface area contributed by atoms with Crippen LogP contribution in [0.15, 0.2) is 18.2 Å². The number of carbonyl (C=O) groups is 1. The topological polar surface area (TPSA) is 46.3 Å². The lowest BCUT2D eigenvalue weighted by Crippen LogP contribution is -2.52. The highest BCUT2D eigenvalue weighted by Crippen LogP contribution is 2.36. The van der Waals surface area contributed by atoms with Crippen molar-refractivity contribution < 1.29 is 4.79 Å². The van der Waals surface area contributed by atoms with Crippen LogP contribution >= 0.6 is 23.2 Å². The Kier molecular flexibility index (Phi) is 4.62. The first kappa shape index (κ1) is 15.6. The Labute approximate surface area is 130 Å². The van der Waals surface area contributed by atoms with E-state index >= 15 is 0 Å². The zero-order valence-corrected chi connectivity index (χ0v) is 13.3. The van der Waals surface area contributed by atoms with Crippen LogP contribution in [0.1, 0.15) is 44.7 Å². The van der Waals surface area contributed by atoms with Crippen LogP contribution in [0.5, 0.6) is 0 Å². The highest BCUT2D eigenvalue weighted by molar-refractivity contribution is 6.42. The summed E-state index contributed by atoms with van der Waals surface area (Å²) in [6.07, 6.45) is 2.54. The molecule has 1 aliphatic heterocycles. The summed E-state index contributed by atoms with van der Waals surface area (Å²) >= 11 is 12.0. The van der Waals surface area contributed by atoms with Crippen LogP contribution in [0.3, 0.4) is 0 Å². The molecule has 0 spiro atoms. The third-order valence-corrected chi connectivity index (χ3v) is 4.80. The fraction of sp³-hybridized carbons (Fsp3) is 0.533. The number of amides is 1. The molecule has 0 aliphatic carbocycles. The molecule has 1 aliphatic rings. The van der Waals surface area contributed by atoms with E-state index in [4.69, 9.17) is 28.9 Å². The molecule has 1 heterocycles. The van der Waals surface area contributed by atoms with Gasteiger partial charge in [-0.2, -0.15) is 0 Å². The molecule has 1 amide bonds. The molecule has 110 valence electrons. The zero-order valence-electron chi connectivity index (χ0n) is 11.8. The maximum Gasteiger partial charge on any atom is 0.242 e. The molecule has 0 bridgehead atoms. The van der Waals surface area contributed by atoms with Crippen molar-refractivity contribution in [3.63, 3.8) is 0 Å². The number of rotatable bonds is 3. The second-order valence-corrected chi connectivity index (χ2v) is 6.42. The fourth-order valence-electron chi connectivity index (χ4n) is 2.56. The lowest BCUT2D eigenvalue weighted by Gasteiger charge is -2.32. The van der Waals surface area contributed by atoms with Crippen LogP contribution in [0.25, 0.3) is 0 Å². The first-order chi connectivity index (χ1) is 9.36. The highest BCUT2D eigenvalue weighted by atomic mass is 35.5. The smallest absolute Gasteiger partial charge is 0.242 e. The molecular formula is C15H20Cl2N2O. The van der Waals surface area contributed by atoms with Gasteiger partial charge in [-0.05, 0) is 43.9 Å². The van der Waals surface area contributed by atoms with Crippen molar-refractivity contribution in [3.8, 4) is 0 Å². The Hall–Kier alpha value is -0.770. The summed E-state index contributed by atoms with van der Waals surface area (Å²) in [6, 6.07) is 5.61. The molecule has 1 fully saturated rings. The molecule has 1 aromatic carbocycles. The van der Waals surface area contributed by atoms with Crippen LogP contribution < -0.4 is 5.73 Å². The van der Waals surface area contributed by atoms with Gasteiger partial charge in [0.05, 0.1) is 21.6 Å². The average Bonchev–Trinajstić information content (AvgIpc) is 2.90. The van der Waals surface area contributed by atoms with Crippen molar-refractivity contribution >= 4 is 29.1 Å².